The van der Waals surface area contributed by atoms with Gasteiger partial charge in [0.25, 0.3) is 0 Å². The lowest BCUT2D eigenvalue weighted by atomic mass is 10.1. The Balaban J connectivity index is 1.57. The van der Waals surface area contributed by atoms with E-state index < -0.39 is 18.0 Å². The van der Waals surface area contributed by atoms with Crippen molar-refractivity contribution < 1.29 is 18.0 Å². The van der Waals surface area contributed by atoms with E-state index in [4.69, 9.17) is 0 Å². The van der Waals surface area contributed by atoms with E-state index >= 15 is 0 Å². The van der Waals surface area contributed by atoms with Crippen LogP contribution in [0.4, 0.5) is 13.2 Å². The topological polar surface area (TPSA) is 66.8 Å². The zero-order valence-electron chi connectivity index (χ0n) is 13.9. The zero-order valence-corrected chi connectivity index (χ0v) is 13.9. The summed E-state index contributed by atoms with van der Waals surface area (Å²) in [5, 5.41) is 7.92. The molecule has 0 bridgehead atoms. The number of carbonyl (C=O) groups is 1. The molecule has 6 nitrogen and oxygen atoms in total. The third kappa shape index (κ3) is 2.63. The predicted molar refractivity (Wildman–Crippen MR) is 87.2 cm³/mol. The molecular formula is C17H16F3N5O. The molecule has 1 unspecified atom stereocenters. The molecular weight excluding hydrogens is 347 g/mol. The molecule has 0 spiro atoms. The van der Waals surface area contributed by atoms with Crippen LogP contribution in [0.2, 0.25) is 0 Å². The summed E-state index contributed by atoms with van der Waals surface area (Å²) in [6.07, 6.45) is -2.59. The standard InChI is InChI=1S/C17H16F3N5O/c1-10-15-22-23-16(17(18,19)20)25(15)7-6-24(10)14(26)8-11-9-21-13-5-3-2-4-12(11)13/h2-5,9-10,21H,6-8H2,1H3. The fraction of sp³-hybridized carbons (Fsp3) is 0.353. The zero-order chi connectivity index (χ0) is 18.5. The Morgan fingerprint density at radius 1 is 1.27 bits per heavy atom. The summed E-state index contributed by atoms with van der Waals surface area (Å²) in [5.74, 6) is -0.996. The summed E-state index contributed by atoms with van der Waals surface area (Å²) in [5.41, 5.74) is 1.80. The quantitative estimate of drug-likeness (QED) is 0.761. The number of aromatic amines is 1. The molecule has 1 aromatic carbocycles. The summed E-state index contributed by atoms with van der Waals surface area (Å²) in [6, 6.07) is 7.09. The van der Waals surface area contributed by atoms with Gasteiger partial charge in [-0.15, -0.1) is 10.2 Å². The summed E-state index contributed by atoms with van der Waals surface area (Å²) in [7, 11) is 0. The second-order valence-electron chi connectivity index (χ2n) is 6.33. The normalized spacial score (nSPS) is 17.5. The van der Waals surface area contributed by atoms with Crippen LogP contribution in [0.5, 0.6) is 0 Å². The van der Waals surface area contributed by atoms with Gasteiger partial charge in [-0.3, -0.25) is 4.79 Å². The highest BCUT2D eigenvalue weighted by Gasteiger charge is 2.41. The van der Waals surface area contributed by atoms with Crippen LogP contribution in [-0.4, -0.2) is 37.1 Å². The summed E-state index contributed by atoms with van der Waals surface area (Å²) in [6.45, 7) is 1.89. The highest BCUT2D eigenvalue weighted by Crippen LogP contribution is 2.33. The number of alkyl halides is 3. The van der Waals surface area contributed by atoms with Gasteiger partial charge in [0.05, 0.1) is 12.5 Å². The molecule has 2 aromatic heterocycles. The lowest BCUT2D eigenvalue weighted by Crippen LogP contribution is -2.42. The van der Waals surface area contributed by atoms with Crippen molar-refractivity contribution in [3.8, 4) is 0 Å². The third-order valence-electron chi connectivity index (χ3n) is 4.78. The number of amides is 1. The van der Waals surface area contributed by atoms with Gasteiger partial charge < -0.3 is 14.5 Å². The molecule has 1 atom stereocenters. The van der Waals surface area contributed by atoms with Crippen molar-refractivity contribution in [1.82, 2.24) is 24.6 Å². The van der Waals surface area contributed by atoms with Crippen LogP contribution in [0.25, 0.3) is 10.9 Å². The molecule has 136 valence electrons. The Morgan fingerprint density at radius 2 is 2.04 bits per heavy atom. The second kappa shape index (κ2) is 5.86. The largest absolute Gasteiger partial charge is 0.451 e. The lowest BCUT2D eigenvalue weighted by molar-refractivity contribution is -0.148. The Bertz CT molecular complexity index is 974. The van der Waals surface area contributed by atoms with Crippen LogP contribution in [-0.2, 0) is 23.9 Å². The van der Waals surface area contributed by atoms with Crippen LogP contribution in [0.1, 0.15) is 30.2 Å². The van der Waals surface area contributed by atoms with Gasteiger partial charge in [0, 0.05) is 30.2 Å². The van der Waals surface area contributed by atoms with E-state index in [1.807, 2.05) is 24.3 Å². The minimum atomic E-state index is -4.55. The van der Waals surface area contributed by atoms with Crippen molar-refractivity contribution in [2.24, 2.45) is 0 Å². The van der Waals surface area contributed by atoms with Gasteiger partial charge in [0.15, 0.2) is 5.82 Å². The number of benzene rings is 1. The fourth-order valence-electron chi connectivity index (χ4n) is 3.48. The molecule has 4 rings (SSSR count). The molecule has 3 heterocycles. The minimum absolute atomic E-state index is 0.0289. The number of H-pyrrole nitrogens is 1. The summed E-state index contributed by atoms with van der Waals surface area (Å²) >= 11 is 0. The Hall–Kier alpha value is -2.84. The molecule has 0 radical (unpaired) electrons. The van der Waals surface area contributed by atoms with Crippen molar-refractivity contribution in [2.45, 2.75) is 32.1 Å². The van der Waals surface area contributed by atoms with Crippen LogP contribution in [0, 0.1) is 0 Å². The average molecular weight is 363 g/mol. The van der Waals surface area contributed by atoms with E-state index in [9.17, 15) is 18.0 Å². The average Bonchev–Trinajstić information content (AvgIpc) is 3.20. The molecule has 3 aromatic rings. The van der Waals surface area contributed by atoms with Gasteiger partial charge in [-0.1, -0.05) is 18.2 Å². The smallest absolute Gasteiger partial charge is 0.361 e. The van der Waals surface area contributed by atoms with Crippen molar-refractivity contribution in [3.05, 3.63) is 47.7 Å². The van der Waals surface area contributed by atoms with E-state index in [0.717, 1.165) is 21.0 Å². The number of halogens is 3. The number of hydrogen-bond acceptors (Lipinski definition) is 3. The molecule has 26 heavy (non-hydrogen) atoms. The third-order valence-corrected chi connectivity index (χ3v) is 4.78. The maximum Gasteiger partial charge on any atom is 0.451 e. The van der Waals surface area contributed by atoms with E-state index in [1.54, 1.807) is 18.0 Å². The Labute approximate surface area is 146 Å². The first-order valence-corrected chi connectivity index (χ1v) is 8.21. The number of aromatic nitrogens is 4. The van der Waals surface area contributed by atoms with Crippen LogP contribution < -0.4 is 0 Å². The number of carbonyl (C=O) groups excluding carboxylic acids is 1. The Morgan fingerprint density at radius 3 is 2.81 bits per heavy atom. The van der Waals surface area contributed by atoms with Crippen LogP contribution in [0.3, 0.4) is 0 Å². The highest BCUT2D eigenvalue weighted by atomic mass is 19.4. The van der Waals surface area contributed by atoms with E-state index in [0.29, 0.717) is 0 Å². The van der Waals surface area contributed by atoms with E-state index in [2.05, 4.69) is 15.2 Å². The van der Waals surface area contributed by atoms with E-state index in [1.165, 1.54) is 0 Å². The van der Waals surface area contributed by atoms with Crippen molar-refractivity contribution in [3.63, 3.8) is 0 Å². The second-order valence-corrected chi connectivity index (χ2v) is 6.33. The van der Waals surface area contributed by atoms with Gasteiger partial charge in [0.1, 0.15) is 0 Å². The lowest BCUT2D eigenvalue weighted by Gasteiger charge is -2.34. The van der Waals surface area contributed by atoms with Gasteiger partial charge >= 0.3 is 6.18 Å². The monoisotopic (exact) mass is 363 g/mol. The van der Waals surface area contributed by atoms with Gasteiger partial charge in [0.2, 0.25) is 11.7 Å². The molecule has 0 saturated heterocycles. The first-order chi connectivity index (χ1) is 12.4. The van der Waals surface area contributed by atoms with Crippen molar-refractivity contribution >= 4 is 16.8 Å². The van der Waals surface area contributed by atoms with Crippen LogP contribution >= 0.6 is 0 Å². The van der Waals surface area contributed by atoms with Gasteiger partial charge in [-0.2, -0.15) is 13.2 Å². The predicted octanol–water partition coefficient (Wildman–Crippen LogP) is 2.92. The maximum atomic E-state index is 13.0. The summed E-state index contributed by atoms with van der Waals surface area (Å²) < 4.78 is 40.0. The molecule has 0 aliphatic carbocycles. The Kier molecular flexibility index (Phi) is 3.74. The molecule has 9 heteroatoms. The summed E-state index contributed by atoms with van der Waals surface area (Å²) in [4.78, 5) is 17.4. The number of para-hydroxylation sites is 1. The molecule has 1 aliphatic heterocycles. The number of nitrogens with one attached hydrogen (secondary N) is 1. The van der Waals surface area contributed by atoms with Crippen molar-refractivity contribution in [1.29, 1.82) is 0 Å². The van der Waals surface area contributed by atoms with E-state index in [-0.39, 0.29) is 31.2 Å². The number of nitrogens with zero attached hydrogens (tertiary/aromatic N) is 4. The highest BCUT2D eigenvalue weighted by molar-refractivity contribution is 5.89. The molecule has 1 aliphatic rings. The molecule has 0 saturated carbocycles. The first kappa shape index (κ1) is 16.6. The number of rotatable bonds is 2. The fourth-order valence-corrected chi connectivity index (χ4v) is 3.48. The molecule has 1 N–H and O–H groups in total. The van der Waals surface area contributed by atoms with Gasteiger partial charge in [-0.25, -0.2) is 0 Å². The van der Waals surface area contributed by atoms with Gasteiger partial charge in [-0.05, 0) is 18.6 Å². The molecule has 0 fully saturated rings. The van der Waals surface area contributed by atoms with Crippen molar-refractivity contribution in [2.75, 3.05) is 6.54 Å². The van der Waals surface area contributed by atoms with Crippen LogP contribution in [0.15, 0.2) is 30.5 Å². The SMILES string of the molecule is CC1c2nnc(C(F)(F)F)n2CCN1C(=O)Cc1c[nH]c2ccccc12. The first-order valence-electron chi connectivity index (χ1n) is 8.21. The number of fused-ring (bicyclic) bond motifs is 2. The minimum Gasteiger partial charge on any atom is -0.361 e. The molecule has 1 amide bonds. The number of hydrogen-bond donors (Lipinski definition) is 1. The maximum absolute atomic E-state index is 13.0.